The van der Waals surface area contributed by atoms with Crippen LogP contribution < -0.4 is 9.47 Å². The van der Waals surface area contributed by atoms with E-state index in [1.165, 1.54) is 0 Å². The number of aromatic nitrogens is 1. The molecule has 0 spiro atoms. The van der Waals surface area contributed by atoms with Crippen molar-refractivity contribution >= 4 is 21.0 Å². The average Bonchev–Trinajstić information content (AvgIpc) is 3.13. The molecule has 1 aliphatic heterocycles. The fraction of sp³-hybridized carbons (Fsp3) is 0.259. The van der Waals surface area contributed by atoms with Crippen LogP contribution in [0.2, 0.25) is 0 Å². The van der Waals surface area contributed by atoms with Crippen molar-refractivity contribution in [2.24, 2.45) is 0 Å². The molecule has 0 aliphatic carbocycles. The molecule has 0 bridgehead atoms. The summed E-state index contributed by atoms with van der Waals surface area (Å²) in [7, 11) is -2.20. The number of benzene rings is 3. The third-order valence-electron chi connectivity index (χ3n) is 6.40. The van der Waals surface area contributed by atoms with Crippen molar-refractivity contribution in [2.75, 3.05) is 13.7 Å². The van der Waals surface area contributed by atoms with Crippen molar-refractivity contribution in [1.82, 2.24) is 4.57 Å². The maximum absolute atomic E-state index is 12.6. The molecule has 8 heteroatoms. The summed E-state index contributed by atoms with van der Waals surface area (Å²) >= 11 is 0. The second kappa shape index (κ2) is 8.94. The number of phenols is 1. The van der Waals surface area contributed by atoms with E-state index < -0.39 is 10.1 Å². The summed E-state index contributed by atoms with van der Waals surface area (Å²) in [4.78, 5) is 0.141. The van der Waals surface area contributed by atoms with E-state index in [0.717, 1.165) is 39.0 Å². The van der Waals surface area contributed by atoms with Gasteiger partial charge in [0.1, 0.15) is 23.4 Å². The van der Waals surface area contributed by atoms with E-state index in [1.807, 2.05) is 38.1 Å². The van der Waals surface area contributed by atoms with Crippen LogP contribution >= 0.6 is 0 Å². The van der Waals surface area contributed by atoms with Crippen LogP contribution in [0.25, 0.3) is 22.2 Å². The molecule has 1 N–H and O–H groups in total. The molecule has 4 aromatic rings. The Hall–Kier alpha value is -3.49. The van der Waals surface area contributed by atoms with Gasteiger partial charge in [-0.1, -0.05) is 17.7 Å². The van der Waals surface area contributed by atoms with Gasteiger partial charge in [0.05, 0.1) is 36.4 Å². The monoisotopic (exact) mass is 493 g/mol. The van der Waals surface area contributed by atoms with Gasteiger partial charge in [-0.3, -0.25) is 4.18 Å². The summed E-state index contributed by atoms with van der Waals surface area (Å²) in [5.41, 5.74) is 4.93. The lowest BCUT2D eigenvalue weighted by molar-refractivity contribution is 0.139. The highest BCUT2D eigenvalue weighted by molar-refractivity contribution is 7.86. The molecule has 1 unspecified atom stereocenters. The molecule has 1 atom stereocenters. The van der Waals surface area contributed by atoms with Gasteiger partial charge in [0.15, 0.2) is 0 Å². The minimum absolute atomic E-state index is 0.00427. The van der Waals surface area contributed by atoms with E-state index in [4.69, 9.17) is 13.7 Å². The third-order valence-corrected chi connectivity index (χ3v) is 7.73. The maximum Gasteiger partial charge on any atom is 0.296 e. The lowest BCUT2D eigenvalue weighted by atomic mass is 10.1. The molecule has 3 aromatic carbocycles. The molecule has 35 heavy (non-hydrogen) atoms. The summed E-state index contributed by atoms with van der Waals surface area (Å²) in [5.74, 6) is 1.67. The van der Waals surface area contributed by atoms with Gasteiger partial charge >= 0.3 is 0 Å². The molecule has 2 heterocycles. The Morgan fingerprint density at radius 1 is 1.03 bits per heavy atom. The average molecular weight is 494 g/mol. The van der Waals surface area contributed by atoms with E-state index in [2.05, 4.69) is 4.57 Å². The number of methoxy groups -OCH3 is 1. The fourth-order valence-corrected chi connectivity index (χ4v) is 5.61. The molecule has 182 valence electrons. The van der Waals surface area contributed by atoms with Gasteiger partial charge in [0.2, 0.25) is 0 Å². The molecule has 0 saturated heterocycles. The largest absolute Gasteiger partial charge is 0.508 e. The van der Waals surface area contributed by atoms with E-state index >= 15 is 0 Å². The van der Waals surface area contributed by atoms with Crippen LogP contribution in [0, 0.1) is 13.8 Å². The molecular weight excluding hydrogens is 466 g/mol. The first-order chi connectivity index (χ1) is 16.8. The molecule has 1 aromatic heterocycles. The fourth-order valence-electron chi connectivity index (χ4n) is 4.69. The zero-order valence-electron chi connectivity index (χ0n) is 19.8. The van der Waals surface area contributed by atoms with Crippen molar-refractivity contribution in [3.05, 3.63) is 71.8 Å². The summed E-state index contributed by atoms with van der Waals surface area (Å²) < 4.78 is 44.6. The normalized spacial score (nSPS) is 15.2. The Morgan fingerprint density at radius 3 is 2.43 bits per heavy atom. The zero-order chi connectivity index (χ0) is 24.7. The minimum Gasteiger partial charge on any atom is -0.508 e. The number of rotatable bonds is 7. The topological polar surface area (TPSA) is 87.0 Å². The highest BCUT2D eigenvalue weighted by Gasteiger charge is 2.29. The summed E-state index contributed by atoms with van der Waals surface area (Å²) in [5, 5.41) is 10.7. The summed E-state index contributed by atoms with van der Waals surface area (Å²) in [6.45, 7) is 4.47. The van der Waals surface area contributed by atoms with Gasteiger partial charge in [0, 0.05) is 11.8 Å². The Morgan fingerprint density at radius 2 is 1.74 bits per heavy atom. The van der Waals surface area contributed by atoms with Crippen molar-refractivity contribution in [3.63, 3.8) is 0 Å². The van der Waals surface area contributed by atoms with Crippen LogP contribution in [0.1, 0.15) is 17.5 Å². The van der Waals surface area contributed by atoms with Gasteiger partial charge in [0.25, 0.3) is 10.1 Å². The molecule has 7 nitrogen and oxygen atoms in total. The van der Waals surface area contributed by atoms with Crippen molar-refractivity contribution in [1.29, 1.82) is 0 Å². The van der Waals surface area contributed by atoms with Crippen molar-refractivity contribution < 1.29 is 27.2 Å². The van der Waals surface area contributed by atoms with Gasteiger partial charge < -0.3 is 19.1 Å². The number of ether oxygens (including phenoxy) is 2. The highest BCUT2D eigenvalue weighted by atomic mass is 32.2. The Bertz CT molecular complexity index is 1490. The van der Waals surface area contributed by atoms with Gasteiger partial charge in [-0.25, -0.2) is 0 Å². The first-order valence-corrected chi connectivity index (χ1v) is 12.8. The zero-order valence-corrected chi connectivity index (χ0v) is 20.6. The predicted octanol–water partition coefficient (Wildman–Crippen LogP) is 5.20. The number of hydrogen-bond acceptors (Lipinski definition) is 6. The Kier molecular flexibility index (Phi) is 5.94. The number of aromatic hydroxyl groups is 1. The van der Waals surface area contributed by atoms with Gasteiger partial charge in [-0.15, -0.1) is 0 Å². The molecule has 0 fully saturated rings. The predicted molar refractivity (Wildman–Crippen MR) is 134 cm³/mol. The van der Waals surface area contributed by atoms with E-state index in [0.29, 0.717) is 18.7 Å². The van der Waals surface area contributed by atoms with Crippen LogP contribution in [0.3, 0.4) is 0 Å². The number of nitrogens with zero attached hydrogens (tertiary/aromatic N) is 1. The number of phenolic OH excluding ortho intramolecular Hbond substituents is 1. The summed E-state index contributed by atoms with van der Waals surface area (Å²) in [6.07, 6.45) is 0.111. The second-order valence-corrected chi connectivity index (χ2v) is 10.4. The molecule has 0 radical (unpaired) electrons. The Labute approximate surface area is 204 Å². The van der Waals surface area contributed by atoms with Crippen LogP contribution in [0.4, 0.5) is 0 Å². The van der Waals surface area contributed by atoms with Crippen molar-refractivity contribution in [3.8, 4) is 28.5 Å². The molecule has 5 rings (SSSR count). The Balaban J connectivity index is 1.43. The number of hydrogen-bond donors (Lipinski definition) is 1. The van der Waals surface area contributed by atoms with Crippen LogP contribution in [0.15, 0.2) is 65.6 Å². The smallest absolute Gasteiger partial charge is 0.296 e. The lowest BCUT2D eigenvalue weighted by Crippen LogP contribution is -2.29. The quantitative estimate of drug-likeness (QED) is 0.356. The van der Waals surface area contributed by atoms with Crippen LogP contribution in [0.5, 0.6) is 17.2 Å². The first kappa shape index (κ1) is 23.3. The molecule has 1 aliphatic rings. The maximum atomic E-state index is 12.6. The van der Waals surface area contributed by atoms with Crippen molar-refractivity contribution in [2.45, 2.75) is 37.8 Å². The number of aryl methyl sites for hydroxylation is 2. The molecular formula is C27H27NO6S. The van der Waals surface area contributed by atoms with Crippen LogP contribution in [-0.4, -0.2) is 37.9 Å². The van der Waals surface area contributed by atoms with E-state index in [9.17, 15) is 13.5 Å². The lowest BCUT2D eigenvalue weighted by Gasteiger charge is -2.27. The highest BCUT2D eigenvalue weighted by Crippen LogP contribution is 2.45. The standard InChI is InChI=1S/C27H27NO6S/c1-17-4-10-22(11-5-17)35(30,31)33-15-14-21-16-28-26(19-6-8-20(29)9-7-19)18(2)25-23(32-3)12-13-24(34-21)27(25)28/h4-13,21,29H,14-16H2,1-3H3. The summed E-state index contributed by atoms with van der Waals surface area (Å²) in [6, 6.07) is 17.5. The van der Waals surface area contributed by atoms with Crippen LogP contribution in [-0.2, 0) is 20.8 Å². The van der Waals surface area contributed by atoms with E-state index in [1.54, 1.807) is 43.5 Å². The van der Waals surface area contributed by atoms with Gasteiger partial charge in [-0.2, -0.15) is 8.42 Å². The SMILES string of the molecule is COc1ccc2c3c1c(C)c(-c1ccc(O)cc1)n3CC(CCOS(=O)(=O)c1ccc(C)cc1)O2. The second-order valence-electron chi connectivity index (χ2n) is 8.74. The minimum atomic E-state index is -3.84. The first-order valence-electron chi connectivity index (χ1n) is 11.4. The third kappa shape index (κ3) is 4.24. The van der Waals surface area contributed by atoms with Gasteiger partial charge in [-0.05, 0) is 73.5 Å². The molecule has 0 saturated carbocycles. The molecule has 0 amide bonds. The van der Waals surface area contributed by atoms with E-state index in [-0.39, 0.29) is 23.4 Å².